The molecule has 0 spiro atoms. The number of hydrogen-bond acceptors (Lipinski definition) is 15. The van der Waals surface area contributed by atoms with Gasteiger partial charge in [-0.3, -0.25) is 37.3 Å². The first kappa shape index (κ1) is 95.1. The summed E-state index contributed by atoms with van der Waals surface area (Å²) in [4.78, 5) is 72.8. The number of carbonyl (C=O) groups excluding carboxylic acids is 4. The molecule has 0 aromatic carbocycles. The van der Waals surface area contributed by atoms with Gasteiger partial charge in [0.25, 0.3) is 0 Å². The van der Waals surface area contributed by atoms with Crippen LogP contribution in [-0.4, -0.2) is 96.7 Å². The summed E-state index contributed by atoms with van der Waals surface area (Å²) in [5.74, 6) is 0.976. The molecule has 0 aliphatic heterocycles. The minimum atomic E-state index is -4.96. The van der Waals surface area contributed by atoms with Gasteiger partial charge in [0, 0.05) is 25.7 Å². The number of unbranched alkanes of at least 4 members (excludes halogenated alkanes) is 39. The molecule has 0 amide bonds. The van der Waals surface area contributed by atoms with Crippen molar-refractivity contribution in [1.29, 1.82) is 0 Å². The van der Waals surface area contributed by atoms with Crippen LogP contribution in [0.25, 0.3) is 0 Å². The Morgan fingerprint density at radius 1 is 0.289 bits per heavy atom. The molecule has 0 saturated carbocycles. The van der Waals surface area contributed by atoms with E-state index in [1.807, 2.05) is 0 Å². The Morgan fingerprint density at radius 3 is 0.732 bits per heavy atom. The lowest BCUT2D eigenvalue weighted by molar-refractivity contribution is -0.161. The number of rotatable bonds is 75. The Hall–Kier alpha value is -1.94. The zero-order valence-corrected chi connectivity index (χ0v) is 65.5. The van der Waals surface area contributed by atoms with Crippen LogP contribution in [-0.2, 0) is 65.4 Å². The van der Waals surface area contributed by atoms with Crippen LogP contribution in [0.5, 0.6) is 0 Å². The largest absolute Gasteiger partial charge is 0.472 e. The van der Waals surface area contributed by atoms with E-state index in [1.54, 1.807) is 0 Å². The van der Waals surface area contributed by atoms with Crippen LogP contribution in [0.4, 0.5) is 0 Å². The second kappa shape index (κ2) is 67.2. The fourth-order valence-corrected chi connectivity index (χ4v) is 13.4. The number of aliphatic hydroxyl groups excluding tert-OH is 1. The molecule has 576 valence electrons. The van der Waals surface area contributed by atoms with Crippen molar-refractivity contribution in [3.05, 3.63) is 0 Å². The van der Waals surface area contributed by atoms with Gasteiger partial charge in [-0.25, -0.2) is 9.13 Å². The van der Waals surface area contributed by atoms with Gasteiger partial charge in [-0.2, -0.15) is 0 Å². The van der Waals surface area contributed by atoms with Gasteiger partial charge in [0.15, 0.2) is 12.2 Å². The maximum atomic E-state index is 13.1. The summed E-state index contributed by atoms with van der Waals surface area (Å²) in [5.41, 5.74) is 0. The lowest BCUT2D eigenvalue weighted by atomic mass is 9.99. The van der Waals surface area contributed by atoms with E-state index < -0.39 is 97.5 Å². The van der Waals surface area contributed by atoms with Crippen LogP contribution < -0.4 is 0 Å². The van der Waals surface area contributed by atoms with E-state index in [1.165, 1.54) is 199 Å². The summed E-state index contributed by atoms with van der Waals surface area (Å²) in [6.07, 6.45) is 52.9. The lowest BCUT2D eigenvalue weighted by Crippen LogP contribution is -2.30. The van der Waals surface area contributed by atoms with Gasteiger partial charge in [-0.15, -0.1) is 0 Å². The van der Waals surface area contributed by atoms with Crippen LogP contribution in [0.3, 0.4) is 0 Å². The van der Waals surface area contributed by atoms with Crippen molar-refractivity contribution in [2.24, 2.45) is 23.7 Å². The number of esters is 4. The Bertz CT molecular complexity index is 1910. The van der Waals surface area contributed by atoms with E-state index in [4.69, 9.17) is 37.0 Å². The molecular weight excluding hydrogens is 1270 g/mol. The monoisotopic (exact) mass is 1420 g/mol. The van der Waals surface area contributed by atoms with Crippen LogP contribution in [0.1, 0.15) is 396 Å². The first-order valence-corrected chi connectivity index (χ1v) is 43.3. The third-order valence-corrected chi connectivity index (χ3v) is 20.7. The molecule has 19 heteroatoms. The molecule has 5 unspecified atom stereocenters. The van der Waals surface area contributed by atoms with E-state index in [0.29, 0.717) is 31.6 Å². The molecule has 0 aliphatic carbocycles. The van der Waals surface area contributed by atoms with Gasteiger partial charge >= 0.3 is 39.5 Å². The smallest absolute Gasteiger partial charge is 0.462 e. The standard InChI is InChI=1S/C78H152O17P2/c1-9-70(7)56-48-40-32-23-19-17-15-13-11-12-14-16-18-20-25-34-42-50-58-75(80)88-64-73(94-77(82)60-52-44-36-26-22-21-24-33-41-49-57-71(8)10-2)66-92-96(84,85)90-62-72(79)63-91-97(86,87)93-67-74(95-78(83)61-53-45-37-29-31-39-47-55-69(5)6)65-89-76(81)59-51-43-35-28-27-30-38-46-54-68(3)4/h68-74,79H,9-67H2,1-8H3,(H,84,85)(H,86,87)/t70?,71?,72?,73-,74-/m1/s1. The molecular formula is C78H152O17P2. The Labute approximate surface area is 594 Å². The number of aliphatic hydroxyl groups is 1. The molecule has 17 nitrogen and oxygen atoms in total. The summed E-state index contributed by atoms with van der Waals surface area (Å²) in [6.45, 7) is 14.2. The van der Waals surface area contributed by atoms with E-state index in [2.05, 4.69) is 55.4 Å². The van der Waals surface area contributed by atoms with E-state index in [0.717, 1.165) is 108 Å². The third kappa shape index (κ3) is 69.5. The van der Waals surface area contributed by atoms with Gasteiger partial charge in [-0.05, 0) is 49.4 Å². The molecule has 0 heterocycles. The van der Waals surface area contributed by atoms with Gasteiger partial charge in [0.05, 0.1) is 26.4 Å². The van der Waals surface area contributed by atoms with Crippen molar-refractivity contribution in [1.82, 2.24) is 0 Å². The fraction of sp³-hybridized carbons (Fsp3) is 0.949. The van der Waals surface area contributed by atoms with Crippen LogP contribution in [0, 0.1) is 23.7 Å². The number of carbonyl (C=O) groups is 4. The highest BCUT2D eigenvalue weighted by molar-refractivity contribution is 7.47. The quantitative estimate of drug-likeness (QED) is 0.0222. The van der Waals surface area contributed by atoms with Gasteiger partial charge in [0.1, 0.15) is 19.3 Å². The van der Waals surface area contributed by atoms with E-state index >= 15 is 0 Å². The van der Waals surface area contributed by atoms with Crippen LogP contribution >= 0.6 is 15.6 Å². The normalized spacial score (nSPS) is 14.6. The van der Waals surface area contributed by atoms with Gasteiger partial charge in [0.2, 0.25) is 0 Å². The molecule has 0 fully saturated rings. The molecule has 0 saturated heterocycles. The number of ether oxygens (including phenoxy) is 4. The van der Waals surface area contributed by atoms with E-state index in [-0.39, 0.29) is 25.7 Å². The maximum Gasteiger partial charge on any atom is 0.472 e. The second-order valence-corrected chi connectivity index (χ2v) is 32.4. The minimum Gasteiger partial charge on any atom is -0.462 e. The molecule has 0 radical (unpaired) electrons. The summed E-state index contributed by atoms with van der Waals surface area (Å²) in [5, 5.41) is 10.6. The van der Waals surface area contributed by atoms with Crippen molar-refractivity contribution in [3.8, 4) is 0 Å². The predicted molar refractivity (Wildman–Crippen MR) is 395 cm³/mol. The first-order chi connectivity index (χ1) is 46.7. The molecule has 0 bridgehead atoms. The average Bonchev–Trinajstić information content (AvgIpc) is 1.57. The summed E-state index contributed by atoms with van der Waals surface area (Å²) in [7, 11) is -9.91. The van der Waals surface area contributed by atoms with Crippen molar-refractivity contribution in [2.75, 3.05) is 39.6 Å². The number of hydrogen-bond donors (Lipinski definition) is 3. The highest BCUT2D eigenvalue weighted by Crippen LogP contribution is 2.45. The number of phosphoric ester groups is 2. The van der Waals surface area contributed by atoms with Crippen LogP contribution in [0.2, 0.25) is 0 Å². The summed E-state index contributed by atoms with van der Waals surface area (Å²) in [6, 6.07) is 0. The predicted octanol–water partition coefficient (Wildman–Crippen LogP) is 22.8. The highest BCUT2D eigenvalue weighted by atomic mass is 31.2. The average molecular weight is 1420 g/mol. The molecule has 0 aromatic heterocycles. The molecule has 3 N–H and O–H groups in total. The van der Waals surface area contributed by atoms with Crippen molar-refractivity contribution >= 4 is 39.5 Å². The van der Waals surface area contributed by atoms with Crippen molar-refractivity contribution in [3.63, 3.8) is 0 Å². The summed E-state index contributed by atoms with van der Waals surface area (Å²) >= 11 is 0. The van der Waals surface area contributed by atoms with Crippen molar-refractivity contribution in [2.45, 2.75) is 414 Å². The van der Waals surface area contributed by atoms with Gasteiger partial charge < -0.3 is 33.8 Å². The Kier molecular flexibility index (Phi) is 65.9. The maximum absolute atomic E-state index is 13.1. The first-order valence-electron chi connectivity index (χ1n) is 40.3. The topological polar surface area (TPSA) is 237 Å². The second-order valence-electron chi connectivity index (χ2n) is 29.5. The molecule has 0 rings (SSSR count). The molecule has 97 heavy (non-hydrogen) atoms. The Morgan fingerprint density at radius 2 is 0.495 bits per heavy atom. The minimum absolute atomic E-state index is 0.103. The fourth-order valence-electron chi connectivity index (χ4n) is 11.8. The number of phosphoric acid groups is 2. The SMILES string of the molecule is CCC(C)CCCCCCCCCCCCCCCCCCCCC(=O)OC[C@H](COP(=O)(O)OCC(O)COP(=O)(O)OC[C@@H](COC(=O)CCCCCCCCCCC(C)C)OC(=O)CCCCCCCCCC(C)C)OC(=O)CCCCCCCCCCCCC(C)CC. The van der Waals surface area contributed by atoms with E-state index in [9.17, 15) is 43.2 Å². The highest BCUT2D eigenvalue weighted by Gasteiger charge is 2.30. The molecule has 0 aromatic rings. The lowest BCUT2D eigenvalue weighted by Gasteiger charge is -2.21. The zero-order valence-electron chi connectivity index (χ0n) is 63.7. The van der Waals surface area contributed by atoms with Crippen LogP contribution in [0.15, 0.2) is 0 Å². The zero-order chi connectivity index (χ0) is 71.7. The summed E-state index contributed by atoms with van der Waals surface area (Å²) < 4.78 is 68.5. The molecule has 7 atom stereocenters. The Balaban J connectivity index is 5.18. The molecule has 0 aliphatic rings. The van der Waals surface area contributed by atoms with Gasteiger partial charge in [-0.1, -0.05) is 344 Å². The van der Waals surface area contributed by atoms with Crippen molar-refractivity contribution < 1.29 is 80.2 Å². The third-order valence-electron chi connectivity index (χ3n) is 18.8.